The second-order valence-corrected chi connectivity index (χ2v) is 5.93. The molecule has 0 unspecified atom stereocenters. The Balaban J connectivity index is 2.05. The van der Waals surface area contributed by atoms with Crippen LogP contribution in [0.1, 0.15) is 24.2 Å². The molecule has 0 bridgehead atoms. The van der Waals surface area contributed by atoms with Crippen LogP contribution in [0.2, 0.25) is 5.02 Å². The minimum atomic E-state index is -0.525. The lowest BCUT2D eigenvalue weighted by Gasteiger charge is -2.11. The number of rotatable bonds is 4. The summed E-state index contributed by atoms with van der Waals surface area (Å²) in [5, 5.41) is 9.99. The molecular weight excluding hydrogens is 375 g/mol. The lowest BCUT2D eigenvalue weighted by atomic mass is 10.1. The monoisotopic (exact) mass is 388 g/mol. The molecule has 0 aliphatic carbocycles. The van der Waals surface area contributed by atoms with Gasteiger partial charge in [-0.3, -0.25) is 0 Å². The van der Waals surface area contributed by atoms with Crippen molar-refractivity contribution in [2.45, 2.75) is 19.6 Å². The van der Waals surface area contributed by atoms with Crippen LogP contribution < -0.4 is 4.74 Å². The van der Waals surface area contributed by atoms with E-state index < -0.39 is 6.10 Å². The fourth-order valence-electron chi connectivity index (χ4n) is 1.64. The molecule has 0 aromatic heterocycles. The van der Waals surface area contributed by atoms with E-state index in [1.54, 1.807) is 19.1 Å². The highest BCUT2D eigenvalue weighted by atomic mass is 127. The lowest BCUT2D eigenvalue weighted by Crippen LogP contribution is -1.97. The van der Waals surface area contributed by atoms with E-state index in [1.807, 2.05) is 30.3 Å². The summed E-state index contributed by atoms with van der Waals surface area (Å²) in [5.74, 6) is 0.629. The lowest BCUT2D eigenvalue weighted by molar-refractivity contribution is 0.199. The first-order valence-corrected chi connectivity index (χ1v) is 7.36. The van der Waals surface area contributed by atoms with Crippen LogP contribution in [0, 0.1) is 3.57 Å². The van der Waals surface area contributed by atoms with Crippen molar-refractivity contribution >= 4 is 34.2 Å². The van der Waals surface area contributed by atoms with Crippen molar-refractivity contribution in [3.8, 4) is 5.75 Å². The van der Waals surface area contributed by atoms with Gasteiger partial charge in [0.15, 0.2) is 0 Å². The Bertz CT molecular complexity index is 553. The second kappa shape index (κ2) is 6.59. The van der Waals surface area contributed by atoms with E-state index in [0.717, 1.165) is 11.1 Å². The Morgan fingerprint density at radius 3 is 2.47 bits per heavy atom. The first-order chi connectivity index (χ1) is 9.06. The summed E-state index contributed by atoms with van der Waals surface area (Å²) in [7, 11) is 0. The van der Waals surface area contributed by atoms with E-state index in [4.69, 9.17) is 16.3 Å². The van der Waals surface area contributed by atoms with Gasteiger partial charge in [-0.2, -0.15) is 0 Å². The SMILES string of the molecule is C[C@H](O)c1ccc(OCc2ccc(I)cc2)c(Cl)c1. The van der Waals surface area contributed by atoms with Crippen molar-refractivity contribution in [3.05, 3.63) is 62.2 Å². The van der Waals surface area contributed by atoms with Gasteiger partial charge in [-0.15, -0.1) is 0 Å². The molecule has 1 N–H and O–H groups in total. The fourth-order valence-corrected chi connectivity index (χ4v) is 2.24. The molecule has 0 spiro atoms. The van der Waals surface area contributed by atoms with Gasteiger partial charge < -0.3 is 9.84 Å². The molecule has 0 fully saturated rings. The number of aliphatic hydroxyl groups is 1. The van der Waals surface area contributed by atoms with Crippen molar-refractivity contribution in [1.29, 1.82) is 0 Å². The highest BCUT2D eigenvalue weighted by Crippen LogP contribution is 2.28. The van der Waals surface area contributed by atoms with E-state index in [-0.39, 0.29) is 0 Å². The summed E-state index contributed by atoms with van der Waals surface area (Å²) in [6.45, 7) is 2.18. The summed E-state index contributed by atoms with van der Waals surface area (Å²) in [6.07, 6.45) is -0.525. The summed E-state index contributed by atoms with van der Waals surface area (Å²) in [4.78, 5) is 0. The number of halogens is 2. The maximum absolute atomic E-state index is 9.47. The number of hydrogen-bond donors (Lipinski definition) is 1. The fraction of sp³-hybridized carbons (Fsp3) is 0.200. The molecule has 2 aromatic rings. The van der Waals surface area contributed by atoms with Crippen LogP contribution >= 0.6 is 34.2 Å². The van der Waals surface area contributed by atoms with E-state index in [2.05, 4.69) is 22.6 Å². The van der Waals surface area contributed by atoms with Crippen molar-refractivity contribution in [1.82, 2.24) is 0 Å². The topological polar surface area (TPSA) is 29.5 Å². The Morgan fingerprint density at radius 2 is 1.89 bits per heavy atom. The van der Waals surface area contributed by atoms with Crippen LogP contribution in [-0.4, -0.2) is 5.11 Å². The Kier molecular flexibility index (Phi) is 5.07. The summed E-state index contributed by atoms with van der Waals surface area (Å²) >= 11 is 8.39. The van der Waals surface area contributed by atoms with Gasteiger partial charge in [0, 0.05) is 3.57 Å². The maximum Gasteiger partial charge on any atom is 0.138 e. The van der Waals surface area contributed by atoms with Gasteiger partial charge in [-0.25, -0.2) is 0 Å². The average molecular weight is 389 g/mol. The standard InChI is InChI=1S/C15H14ClIO2/c1-10(18)12-4-7-15(14(16)8-12)19-9-11-2-5-13(17)6-3-11/h2-8,10,18H,9H2,1H3/t10-/m0/s1. The molecule has 0 aliphatic heterocycles. The minimum absolute atomic E-state index is 0.477. The summed E-state index contributed by atoms with van der Waals surface area (Å²) in [5.41, 5.74) is 1.88. The maximum atomic E-state index is 9.47. The number of benzene rings is 2. The van der Waals surface area contributed by atoms with Gasteiger partial charge in [0.1, 0.15) is 12.4 Å². The molecule has 0 amide bonds. The van der Waals surface area contributed by atoms with E-state index in [0.29, 0.717) is 17.4 Å². The largest absolute Gasteiger partial charge is 0.487 e. The van der Waals surface area contributed by atoms with Crippen molar-refractivity contribution in [2.24, 2.45) is 0 Å². The summed E-state index contributed by atoms with van der Waals surface area (Å²) < 4.78 is 6.88. The zero-order valence-corrected chi connectivity index (χ0v) is 13.4. The number of ether oxygens (including phenoxy) is 1. The van der Waals surface area contributed by atoms with Crippen LogP contribution in [0.15, 0.2) is 42.5 Å². The normalized spacial score (nSPS) is 12.2. The van der Waals surface area contributed by atoms with Gasteiger partial charge in [-0.1, -0.05) is 29.8 Å². The molecule has 0 saturated carbocycles. The van der Waals surface area contributed by atoms with Crippen molar-refractivity contribution < 1.29 is 9.84 Å². The molecule has 0 radical (unpaired) electrons. The molecule has 1 atom stereocenters. The third-order valence-corrected chi connectivity index (χ3v) is 3.76. The van der Waals surface area contributed by atoms with Crippen LogP contribution in [0.5, 0.6) is 5.75 Å². The van der Waals surface area contributed by atoms with Crippen LogP contribution in [0.4, 0.5) is 0 Å². The van der Waals surface area contributed by atoms with E-state index in [9.17, 15) is 5.11 Å². The van der Waals surface area contributed by atoms with Crippen LogP contribution in [0.25, 0.3) is 0 Å². The molecule has 4 heteroatoms. The van der Waals surface area contributed by atoms with Crippen LogP contribution in [0.3, 0.4) is 0 Å². The number of hydrogen-bond acceptors (Lipinski definition) is 2. The van der Waals surface area contributed by atoms with Crippen molar-refractivity contribution in [3.63, 3.8) is 0 Å². The Morgan fingerprint density at radius 1 is 1.21 bits per heavy atom. The predicted octanol–water partition coefficient (Wildman–Crippen LogP) is 4.58. The predicted molar refractivity (Wildman–Crippen MR) is 85.6 cm³/mol. The van der Waals surface area contributed by atoms with Gasteiger partial charge in [0.2, 0.25) is 0 Å². The molecule has 2 rings (SSSR count). The van der Waals surface area contributed by atoms with Gasteiger partial charge in [-0.05, 0) is 64.9 Å². The molecule has 0 heterocycles. The van der Waals surface area contributed by atoms with Gasteiger partial charge in [0.05, 0.1) is 11.1 Å². The zero-order valence-electron chi connectivity index (χ0n) is 10.4. The first kappa shape index (κ1) is 14.6. The van der Waals surface area contributed by atoms with E-state index >= 15 is 0 Å². The van der Waals surface area contributed by atoms with E-state index in [1.165, 1.54) is 3.57 Å². The average Bonchev–Trinajstić information content (AvgIpc) is 2.39. The molecule has 2 aromatic carbocycles. The second-order valence-electron chi connectivity index (χ2n) is 4.28. The van der Waals surface area contributed by atoms with Gasteiger partial charge in [0.25, 0.3) is 0 Å². The third kappa shape index (κ3) is 4.09. The van der Waals surface area contributed by atoms with Crippen LogP contribution in [-0.2, 0) is 6.61 Å². The third-order valence-electron chi connectivity index (χ3n) is 2.75. The molecule has 0 saturated heterocycles. The number of aliphatic hydroxyl groups excluding tert-OH is 1. The highest BCUT2D eigenvalue weighted by Gasteiger charge is 2.06. The Hall–Kier alpha value is -0.780. The highest BCUT2D eigenvalue weighted by molar-refractivity contribution is 14.1. The molecule has 0 aliphatic rings. The first-order valence-electron chi connectivity index (χ1n) is 5.91. The molecule has 2 nitrogen and oxygen atoms in total. The zero-order chi connectivity index (χ0) is 13.8. The summed E-state index contributed by atoms with van der Waals surface area (Å²) in [6, 6.07) is 13.5. The smallest absolute Gasteiger partial charge is 0.138 e. The molecular formula is C15H14ClIO2. The Labute approximate surface area is 131 Å². The quantitative estimate of drug-likeness (QED) is 0.777. The minimum Gasteiger partial charge on any atom is -0.487 e. The molecule has 19 heavy (non-hydrogen) atoms. The van der Waals surface area contributed by atoms with Gasteiger partial charge >= 0.3 is 0 Å². The molecule has 100 valence electrons. The van der Waals surface area contributed by atoms with Crippen molar-refractivity contribution in [2.75, 3.05) is 0 Å².